The topological polar surface area (TPSA) is 97.1 Å². The van der Waals surface area contributed by atoms with Gasteiger partial charge in [-0.05, 0) is 30.9 Å². The summed E-state index contributed by atoms with van der Waals surface area (Å²) in [6.45, 7) is 0.798. The minimum Gasteiger partial charge on any atom is -0.450 e. The fourth-order valence-electron chi connectivity index (χ4n) is 2.97. The lowest BCUT2D eigenvalue weighted by Crippen LogP contribution is -2.35. The smallest absolute Gasteiger partial charge is 0.213 e. The second-order valence-electron chi connectivity index (χ2n) is 6.39. The van der Waals surface area contributed by atoms with Gasteiger partial charge < -0.3 is 9.73 Å². The third-order valence-corrected chi connectivity index (χ3v) is 5.99. The zero-order chi connectivity index (χ0) is 17.3. The number of anilines is 1. The van der Waals surface area contributed by atoms with E-state index in [2.05, 4.69) is 20.0 Å². The van der Waals surface area contributed by atoms with Crippen molar-refractivity contribution in [3.63, 3.8) is 0 Å². The Balaban J connectivity index is 1.44. The van der Waals surface area contributed by atoms with Gasteiger partial charge >= 0.3 is 0 Å². The number of hydrogen-bond donors (Lipinski definition) is 2. The van der Waals surface area contributed by atoms with Crippen LogP contribution in [0, 0.1) is 5.92 Å². The molecule has 3 aromatic rings. The molecule has 25 heavy (non-hydrogen) atoms. The van der Waals surface area contributed by atoms with E-state index in [0.29, 0.717) is 23.9 Å². The number of para-hydroxylation sites is 1. The van der Waals surface area contributed by atoms with Gasteiger partial charge in [0.15, 0.2) is 11.4 Å². The van der Waals surface area contributed by atoms with Gasteiger partial charge in [0.2, 0.25) is 10.0 Å². The van der Waals surface area contributed by atoms with E-state index in [9.17, 15) is 8.42 Å². The molecule has 0 unspecified atom stereocenters. The molecule has 1 aliphatic carbocycles. The van der Waals surface area contributed by atoms with Crippen LogP contribution < -0.4 is 10.0 Å². The summed E-state index contributed by atoms with van der Waals surface area (Å²) in [5.41, 5.74) is 2.00. The van der Waals surface area contributed by atoms with Crippen LogP contribution in [0.25, 0.3) is 22.1 Å². The zero-order valence-electron chi connectivity index (χ0n) is 13.7. The van der Waals surface area contributed by atoms with Gasteiger partial charge in [-0.3, -0.25) is 0 Å². The largest absolute Gasteiger partial charge is 0.450 e. The molecule has 2 N–H and O–H groups in total. The van der Waals surface area contributed by atoms with Gasteiger partial charge in [0.05, 0.1) is 5.75 Å². The van der Waals surface area contributed by atoms with Gasteiger partial charge in [0.25, 0.3) is 0 Å². The predicted octanol–water partition coefficient (Wildman–Crippen LogP) is 2.51. The first-order valence-electron chi connectivity index (χ1n) is 8.46. The molecule has 2 aromatic heterocycles. The third-order valence-electron chi connectivity index (χ3n) is 4.64. The Labute approximate surface area is 145 Å². The number of fused-ring (bicyclic) bond motifs is 3. The van der Waals surface area contributed by atoms with Crippen molar-refractivity contribution in [2.45, 2.75) is 19.3 Å². The van der Waals surface area contributed by atoms with E-state index in [1.165, 1.54) is 12.7 Å². The van der Waals surface area contributed by atoms with Gasteiger partial charge in [0.1, 0.15) is 17.4 Å². The number of nitrogens with one attached hydrogen (secondary N) is 2. The molecule has 1 fully saturated rings. The molecule has 7 nitrogen and oxygen atoms in total. The second-order valence-corrected chi connectivity index (χ2v) is 8.32. The number of furan rings is 1. The van der Waals surface area contributed by atoms with Crippen LogP contribution in [0.15, 0.2) is 35.0 Å². The molecule has 1 aliphatic rings. The summed E-state index contributed by atoms with van der Waals surface area (Å²) in [5.74, 6) is 1.00. The third kappa shape index (κ3) is 3.45. The van der Waals surface area contributed by atoms with Crippen LogP contribution in [0.3, 0.4) is 0 Å². The van der Waals surface area contributed by atoms with E-state index in [0.717, 1.165) is 29.3 Å². The first-order chi connectivity index (χ1) is 12.1. The van der Waals surface area contributed by atoms with Crippen LogP contribution in [0.5, 0.6) is 0 Å². The molecule has 0 spiro atoms. The Morgan fingerprint density at radius 3 is 2.84 bits per heavy atom. The fourth-order valence-corrected chi connectivity index (χ4v) is 3.97. The van der Waals surface area contributed by atoms with E-state index in [4.69, 9.17) is 4.42 Å². The molecule has 132 valence electrons. The Morgan fingerprint density at radius 1 is 1.20 bits per heavy atom. The van der Waals surface area contributed by atoms with E-state index in [1.54, 1.807) is 0 Å². The molecule has 0 bridgehead atoms. The Hall–Kier alpha value is -2.19. The van der Waals surface area contributed by atoms with Gasteiger partial charge in [-0.1, -0.05) is 18.6 Å². The highest BCUT2D eigenvalue weighted by atomic mass is 32.2. The highest BCUT2D eigenvalue weighted by Gasteiger charge is 2.20. The lowest BCUT2D eigenvalue weighted by atomic mass is 9.86. The number of rotatable bonds is 7. The predicted molar refractivity (Wildman–Crippen MR) is 96.9 cm³/mol. The number of aromatic nitrogens is 2. The molecule has 0 radical (unpaired) electrons. The molecule has 0 saturated heterocycles. The zero-order valence-corrected chi connectivity index (χ0v) is 14.6. The summed E-state index contributed by atoms with van der Waals surface area (Å²) in [6.07, 6.45) is 4.89. The molecule has 8 heteroatoms. The SMILES string of the molecule is O=S(=O)(CCNc1ncnc2c1oc1ccccc12)NCC1CCC1. The maximum Gasteiger partial charge on any atom is 0.213 e. The van der Waals surface area contributed by atoms with Gasteiger partial charge in [-0.15, -0.1) is 0 Å². The summed E-state index contributed by atoms with van der Waals surface area (Å²) >= 11 is 0. The van der Waals surface area contributed by atoms with Crippen LogP contribution in [0.2, 0.25) is 0 Å². The molecule has 0 aliphatic heterocycles. The van der Waals surface area contributed by atoms with Crippen LogP contribution in [0.4, 0.5) is 5.82 Å². The van der Waals surface area contributed by atoms with Crippen molar-refractivity contribution in [2.75, 3.05) is 24.2 Å². The van der Waals surface area contributed by atoms with Gasteiger partial charge in [-0.2, -0.15) is 0 Å². The average Bonchev–Trinajstić information content (AvgIpc) is 2.93. The number of nitrogens with zero attached hydrogens (tertiary/aromatic N) is 2. The van der Waals surface area contributed by atoms with Crippen molar-refractivity contribution in [3.05, 3.63) is 30.6 Å². The van der Waals surface area contributed by atoms with E-state index in [-0.39, 0.29) is 12.3 Å². The van der Waals surface area contributed by atoms with Gasteiger partial charge in [-0.25, -0.2) is 23.1 Å². The molecule has 0 amide bonds. The van der Waals surface area contributed by atoms with Crippen molar-refractivity contribution in [3.8, 4) is 0 Å². The number of sulfonamides is 1. The molecule has 4 rings (SSSR count). The highest BCUT2D eigenvalue weighted by molar-refractivity contribution is 7.89. The highest BCUT2D eigenvalue weighted by Crippen LogP contribution is 2.30. The average molecular weight is 360 g/mol. The molecular weight excluding hydrogens is 340 g/mol. The van der Waals surface area contributed by atoms with Crippen LogP contribution in [-0.4, -0.2) is 37.2 Å². The van der Waals surface area contributed by atoms with E-state index >= 15 is 0 Å². The van der Waals surface area contributed by atoms with Crippen molar-refractivity contribution in [1.82, 2.24) is 14.7 Å². The Bertz CT molecular complexity index is 995. The maximum atomic E-state index is 12.1. The van der Waals surface area contributed by atoms with Crippen molar-refractivity contribution in [2.24, 2.45) is 5.92 Å². The fraction of sp³-hybridized carbons (Fsp3) is 0.412. The molecule has 1 aromatic carbocycles. The summed E-state index contributed by atoms with van der Waals surface area (Å²) < 4.78 is 32.6. The van der Waals surface area contributed by atoms with Crippen LogP contribution in [-0.2, 0) is 10.0 Å². The first-order valence-corrected chi connectivity index (χ1v) is 10.1. The molecule has 1 saturated carbocycles. The van der Waals surface area contributed by atoms with Crippen molar-refractivity contribution in [1.29, 1.82) is 0 Å². The minimum absolute atomic E-state index is 0.00849. The van der Waals surface area contributed by atoms with E-state index < -0.39 is 10.0 Å². The normalized spacial score (nSPS) is 15.5. The monoisotopic (exact) mass is 360 g/mol. The number of benzene rings is 1. The Kier molecular flexibility index (Phi) is 4.30. The molecular formula is C17H20N4O3S. The van der Waals surface area contributed by atoms with Gasteiger partial charge in [0, 0.05) is 18.5 Å². The molecule has 0 atom stereocenters. The quantitative estimate of drug-likeness (QED) is 0.672. The first kappa shape index (κ1) is 16.3. The standard InChI is InChI=1S/C17H20N4O3S/c22-25(23,21-10-12-4-3-5-12)9-8-18-17-16-15(19-11-20-17)13-6-1-2-7-14(13)24-16/h1-2,6-7,11-12,21H,3-5,8-10H2,(H,18,19,20). The second kappa shape index (κ2) is 6.61. The summed E-state index contributed by atoms with van der Waals surface area (Å²) in [5, 5.41) is 3.97. The number of hydrogen-bond acceptors (Lipinski definition) is 6. The van der Waals surface area contributed by atoms with E-state index in [1.807, 2.05) is 24.3 Å². The van der Waals surface area contributed by atoms with Crippen molar-refractivity contribution < 1.29 is 12.8 Å². The minimum atomic E-state index is -3.29. The van der Waals surface area contributed by atoms with Crippen LogP contribution in [0.1, 0.15) is 19.3 Å². The van der Waals surface area contributed by atoms with Crippen molar-refractivity contribution >= 4 is 37.9 Å². The summed E-state index contributed by atoms with van der Waals surface area (Å²) in [4.78, 5) is 8.46. The lowest BCUT2D eigenvalue weighted by molar-refractivity contribution is 0.316. The molecule has 2 heterocycles. The maximum absolute atomic E-state index is 12.1. The summed E-state index contributed by atoms with van der Waals surface area (Å²) in [7, 11) is -3.29. The summed E-state index contributed by atoms with van der Waals surface area (Å²) in [6, 6.07) is 7.63. The lowest BCUT2D eigenvalue weighted by Gasteiger charge is -2.25. The van der Waals surface area contributed by atoms with Crippen LogP contribution >= 0.6 is 0 Å². The Morgan fingerprint density at radius 2 is 2.04 bits per heavy atom.